The van der Waals surface area contributed by atoms with Crippen LogP contribution < -0.4 is 10.5 Å². The van der Waals surface area contributed by atoms with Gasteiger partial charge in [-0.1, -0.05) is 12.1 Å². The number of rotatable bonds is 5. The second-order valence-electron chi connectivity index (χ2n) is 2.83. The number of carbonyl (C=O) groups is 1. The van der Waals surface area contributed by atoms with Gasteiger partial charge in [-0.05, 0) is 17.7 Å². The van der Waals surface area contributed by atoms with Gasteiger partial charge in [-0.15, -0.1) is 0 Å². The summed E-state index contributed by atoms with van der Waals surface area (Å²) in [5, 5.41) is 8.77. The molecule has 0 unspecified atom stereocenters. The van der Waals surface area contributed by atoms with Gasteiger partial charge in [0.1, 0.15) is 12.4 Å². The molecule has 0 heterocycles. The highest BCUT2D eigenvalue weighted by Gasteiger charge is 1.99. The van der Waals surface area contributed by atoms with Crippen LogP contribution in [0.3, 0.4) is 0 Å². The van der Waals surface area contributed by atoms with E-state index in [9.17, 15) is 4.79 Å². The standard InChI is InChI=1S/C10H13NO3/c11-5-9(13)7-14-10-3-1-8(6-12)2-4-10/h1-4,12H,5-7,11H2. The van der Waals surface area contributed by atoms with Crippen LogP contribution >= 0.6 is 0 Å². The van der Waals surface area contributed by atoms with E-state index in [1.165, 1.54) is 0 Å². The van der Waals surface area contributed by atoms with Gasteiger partial charge in [0.05, 0.1) is 13.2 Å². The number of hydrogen-bond donors (Lipinski definition) is 2. The van der Waals surface area contributed by atoms with Gasteiger partial charge < -0.3 is 15.6 Å². The van der Waals surface area contributed by atoms with Crippen molar-refractivity contribution >= 4 is 5.78 Å². The molecule has 1 aromatic rings. The van der Waals surface area contributed by atoms with Gasteiger partial charge in [0.25, 0.3) is 0 Å². The minimum atomic E-state index is -0.142. The summed E-state index contributed by atoms with van der Waals surface area (Å²) < 4.78 is 5.15. The summed E-state index contributed by atoms with van der Waals surface area (Å²) in [6.45, 7) is -0.00823. The quantitative estimate of drug-likeness (QED) is 0.698. The number of hydrogen-bond acceptors (Lipinski definition) is 4. The molecular formula is C10H13NO3. The molecule has 0 aromatic heterocycles. The molecule has 0 aliphatic rings. The minimum absolute atomic E-state index is 0.00199. The average Bonchev–Trinajstić information content (AvgIpc) is 2.26. The van der Waals surface area contributed by atoms with Crippen molar-refractivity contribution in [2.24, 2.45) is 5.73 Å². The summed E-state index contributed by atoms with van der Waals surface area (Å²) in [5.74, 6) is 0.459. The van der Waals surface area contributed by atoms with Crippen LogP contribution in [0, 0.1) is 0 Å². The van der Waals surface area contributed by atoms with Crippen molar-refractivity contribution in [3.63, 3.8) is 0 Å². The lowest BCUT2D eigenvalue weighted by Crippen LogP contribution is -2.20. The fourth-order valence-electron chi connectivity index (χ4n) is 0.914. The predicted molar refractivity (Wildman–Crippen MR) is 51.9 cm³/mol. The molecule has 0 radical (unpaired) electrons. The molecule has 0 amide bonds. The molecule has 3 N–H and O–H groups in total. The van der Waals surface area contributed by atoms with Gasteiger partial charge in [-0.2, -0.15) is 0 Å². The van der Waals surface area contributed by atoms with Gasteiger partial charge in [-0.3, -0.25) is 4.79 Å². The Hall–Kier alpha value is -1.39. The highest BCUT2D eigenvalue weighted by Crippen LogP contribution is 2.11. The van der Waals surface area contributed by atoms with E-state index in [-0.39, 0.29) is 25.5 Å². The molecule has 0 atom stereocenters. The first-order chi connectivity index (χ1) is 6.76. The number of carbonyl (C=O) groups excluding carboxylic acids is 1. The average molecular weight is 195 g/mol. The topological polar surface area (TPSA) is 72.6 Å². The van der Waals surface area contributed by atoms with E-state index in [1.54, 1.807) is 24.3 Å². The van der Waals surface area contributed by atoms with E-state index < -0.39 is 0 Å². The summed E-state index contributed by atoms with van der Waals surface area (Å²) in [6, 6.07) is 6.88. The number of ketones is 1. The predicted octanol–water partition coefficient (Wildman–Crippen LogP) is 0.0855. The molecule has 0 spiro atoms. The lowest BCUT2D eigenvalue weighted by atomic mass is 10.2. The van der Waals surface area contributed by atoms with Gasteiger partial charge in [0.2, 0.25) is 0 Å². The zero-order valence-electron chi connectivity index (χ0n) is 7.77. The number of aliphatic hydroxyl groups excluding tert-OH is 1. The molecular weight excluding hydrogens is 182 g/mol. The largest absolute Gasteiger partial charge is 0.486 e. The van der Waals surface area contributed by atoms with E-state index in [1.807, 2.05) is 0 Å². The molecule has 4 nitrogen and oxygen atoms in total. The third kappa shape index (κ3) is 3.16. The van der Waals surface area contributed by atoms with Crippen molar-refractivity contribution < 1.29 is 14.6 Å². The van der Waals surface area contributed by atoms with Crippen molar-refractivity contribution in [1.82, 2.24) is 0 Å². The van der Waals surface area contributed by atoms with Gasteiger partial charge in [0.15, 0.2) is 5.78 Å². The van der Waals surface area contributed by atoms with Crippen LogP contribution in [0.1, 0.15) is 5.56 Å². The zero-order chi connectivity index (χ0) is 10.4. The highest BCUT2D eigenvalue weighted by atomic mass is 16.5. The van der Waals surface area contributed by atoms with Gasteiger partial charge in [0, 0.05) is 0 Å². The second-order valence-corrected chi connectivity index (χ2v) is 2.83. The lowest BCUT2D eigenvalue weighted by molar-refractivity contribution is -0.119. The fraction of sp³-hybridized carbons (Fsp3) is 0.300. The highest BCUT2D eigenvalue weighted by molar-refractivity contribution is 5.81. The van der Waals surface area contributed by atoms with Crippen molar-refractivity contribution in [1.29, 1.82) is 0 Å². The van der Waals surface area contributed by atoms with E-state index in [2.05, 4.69) is 0 Å². The van der Waals surface area contributed by atoms with Crippen molar-refractivity contribution in [2.75, 3.05) is 13.2 Å². The van der Waals surface area contributed by atoms with Crippen LogP contribution in [0.4, 0.5) is 0 Å². The molecule has 4 heteroatoms. The Bertz CT molecular complexity index is 295. The number of aliphatic hydroxyl groups is 1. The van der Waals surface area contributed by atoms with Crippen LogP contribution in [-0.4, -0.2) is 24.0 Å². The second kappa shape index (κ2) is 5.36. The maximum Gasteiger partial charge on any atom is 0.183 e. The first-order valence-electron chi connectivity index (χ1n) is 4.30. The van der Waals surface area contributed by atoms with E-state index in [4.69, 9.17) is 15.6 Å². The molecule has 0 saturated heterocycles. The van der Waals surface area contributed by atoms with Crippen LogP contribution in [0.5, 0.6) is 5.75 Å². The third-order valence-corrected chi connectivity index (χ3v) is 1.73. The Labute approximate surface area is 82.3 Å². The Kier molecular flexibility index (Phi) is 4.10. The van der Waals surface area contributed by atoms with E-state index >= 15 is 0 Å². The summed E-state index contributed by atoms with van der Waals surface area (Å²) in [7, 11) is 0. The van der Waals surface area contributed by atoms with Gasteiger partial charge in [-0.25, -0.2) is 0 Å². The molecule has 0 aliphatic heterocycles. The minimum Gasteiger partial charge on any atom is -0.486 e. The molecule has 0 bridgehead atoms. The maximum atomic E-state index is 10.8. The van der Waals surface area contributed by atoms with E-state index in [0.717, 1.165) is 5.56 Å². The summed E-state index contributed by atoms with van der Waals surface area (Å²) in [5.41, 5.74) is 5.93. The SMILES string of the molecule is NCC(=O)COc1ccc(CO)cc1. The Morgan fingerprint density at radius 1 is 1.36 bits per heavy atom. The van der Waals surface area contributed by atoms with Gasteiger partial charge >= 0.3 is 0 Å². The molecule has 1 rings (SSSR count). The number of Topliss-reactive ketones (excluding diaryl/α,β-unsaturated/α-hetero) is 1. The monoisotopic (exact) mass is 195 g/mol. The fourth-order valence-corrected chi connectivity index (χ4v) is 0.914. The van der Waals surface area contributed by atoms with Crippen LogP contribution in [0.25, 0.3) is 0 Å². The normalized spacial score (nSPS) is 9.86. The molecule has 76 valence electrons. The molecule has 14 heavy (non-hydrogen) atoms. The summed E-state index contributed by atoms with van der Waals surface area (Å²) >= 11 is 0. The van der Waals surface area contributed by atoms with Crippen molar-refractivity contribution in [3.8, 4) is 5.75 Å². The Morgan fingerprint density at radius 3 is 2.50 bits per heavy atom. The van der Waals surface area contributed by atoms with Crippen LogP contribution in [0.15, 0.2) is 24.3 Å². The Morgan fingerprint density at radius 2 is 2.00 bits per heavy atom. The third-order valence-electron chi connectivity index (χ3n) is 1.73. The lowest BCUT2D eigenvalue weighted by Gasteiger charge is -2.04. The molecule has 0 saturated carbocycles. The number of ether oxygens (including phenoxy) is 1. The number of benzene rings is 1. The van der Waals surface area contributed by atoms with Crippen LogP contribution in [-0.2, 0) is 11.4 Å². The molecule has 0 aliphatic carbocycles. The smallest absolute Gasteiger partial charge is 0.183 e. The Balaban J connectivity index is 2.47. The number of nitrogens with two attached hydrogens (primary N) is 1. The summed E-state index contributed by atoms with van der Waals surface area (Å²) in [6.07, 6.45) is 0. The maximum absolute atomic E-state index is 10.8. The first-order valence-corrected chi connectivity index (χ1v) is 4.30. The first kappa shape index (κ1) is 10.7. The summed E-state index contributed by atoms with van der Waals surface area (Å²) in [4.78, 5) is 10.8. The molecule has 1 aromatic carbocycles. The molecule has 0 fully saturated rings. The van der Waals surface area contributed by atoms with Crippen LogP contribution in [0.2, 0.25) is 0 Å². The van der Waals surface area contributed by atoms with E-state index in [0.29, 0.717) is 5.75 Å². The van der Waals surface area contributed by atoms with Crippen molar-refractivity contribution in [3.05, 3.63) is 29.8 Å². The van der Waals surface area contributed by atoms with Crippen molar-refractivity contribution in [2.45, 2.75) is 6.61 Å². The zero-order valence-corrected chi connectivity index (χ0v) is 7.77.